The van der Waals surface area contributed by atoms with Crippen molar-refractivity contribution in [2.75, 3.05) is 0 Å². The first-order valence-corrected chi connectivity index (χ1v) is 12.8. The number of thioether (sulfide) groups is 1. The lowest BCUT2D eigenvalue weighted by Gasteiger charge is -2.18. The molecule has 1 aromatic heterocycles. The third-order valence-electron chi connectivity index (χ3n) is 5.87. The summed E-state index contributed by atoms with van der Waals surface area (Å²) in [6, 6.07) is 25.1. The maximum atomic E-state index is 13.4. The zero-order valence-electron chi connectivity index (χ0n) is 20.3. The molecular weight excluding hydrogens is 468 g/mol. The van der Waals surface area contributed by atoms with Crippen molar-refractivity contribution in [1.29, 1.82) is 0 Å². The van der Waals surface area contributed by atoms with Crippen molar-refractivity contribution < 1.29 is 9.90 Å². The van der Waals surface area contributed by atoms with Crippen molar-refractivity contribution in [1.82, 2.24) is 20.1 Å². The Morgan fingerprint density at radius 1 is 1.06 bits per heavy atom. The topological polar surface area (TPSA) is 80.0 Å². The van der Waals surface area contributed by atoms with Crippen molar-refractivity contribution in [2.24, 2.45) is 0 Å². The molecule has 0 bridgehead atoms. The number of nitrogens with zero attached hydrogens (tertiary/aromatic N) is 3. The molecule has 0 saturated heterocycles. The highest BCUT2D eigenvalue weighted by atomic mass is 32.2. The number of amides is 1. The molecule has 1 amide bonds. The van der Waals surface area contributed by atoms with E-state index >= 15 is 0 Å². The SMILES string of the molecule is C=CCn1c(CNC(=O)[C@@H](Cc2ccc(O)cc2)c2ccccc2)nnc1SCc1cccc(C)c1. The molecule has 3 aromatic carbocycles. The zero-order chi connectivity index (χ0) is 25.3. The number of hydrogen-bond donors (Lipinski definition) is 2. The molecule has 2 N–H and O–H groups in total. The van der Waals surface area contributed by atoms with Gasteiger partial charge in [-0.3, -0.25) is 4.79 Å². The van der Waals surface area contributed by atoms with Gasteiger partial charge in [-0.1, -0.05) is 90.1 Å². The molecule has 0 aliphatic rings. The summed E-state index contributed by atoms with van der Waals surface area (Å²) < 4.78 is 1.99. The van der Waals surface area contributed by atoms with Crippen LogP contribution in [-0.2, 0) is 30.1 Å². The van der Waals surface area contributed by atoms with Crippen molar-refractivity contribution in [3.05, 3.63) is 120 Å². The van der Waals surface area contributed by atoms with E-state index in [2.05, 4.69) is 53.3 Å². The van der Waals surface area contributed by atoms with Crippen LogP contribution in [-0.4, -0.2) is 25.8 Å². The average Bonchev–Trinajstić information content (AvgIpc) is 3.28. The van der Waals surface area contributed by atoms with E-state index in [4.69, 9.17) is 0 Å². The van der Waals surface area contributed by atoms with Gasteiger partial charge in [-0.2, -0.15) is 0 Å². The number of phenolic OH excluding ortho intramolecular Hbond substituents is 1. The van der Waals surface area contributed by atoms with Gasteiger partial charge in [0.15, 0.2) is 11.0 Å². The van der Waals surface area contributed by atoms with Crippen LogP contribution >= 0.6 is 11.8 Å². The predicted molar refractivity (Wildman–Crippen MR) is 144 cm³/mol. The second kappa shape index (κ2) is 12.2. The quantitative estimate of drug-likeness (QED) is 0.213. The van der Waals surface area contributed by atoms with E-state index in [9.17, 15) is 9.90 Å². The maximum absolute atomic E-state index is 13.4. The van der Waals surface area contributed by atoms with Gasteiger partial charge in [-0.05, 0) is 42.2 Å². The first kappa shape index (κ1) is 25.3. The van der Waals surface area contributed by atoms with Crippen molar-refractivity contribution in [2.45, 2.75) is 43.3 Å². The molecular formula is C29H30N4O2S. The Labute approximate surface area is 216 Å². The third-order valence-corrected chi connectivity index (χ3v) is 6.91. The third kappa shape index (κ3) is 6.64. The van der Waals surface area contributed by atoms with Crippen LogP contribution in [0.3, 0.4) is 0 Å². The Morgan fingerprint density at radius 2 is 1.83 bits per heavy atom. The molecule has 0 aliphatic heterocycles. The summed E-state index contributed by atoms with van der Waals surface area (Å²) in [7, 11) is 0. The number of benzene rings is 3. The molecule has 4 rings (SSSR count). The molecule has 36 heavy (non-hydrogen) atoms. The first-order chi connectivity index (χ1) is 17.5. The van der Waals surface area contributed by atoms with Gasteiger partial charge in [-0.15, -0.1) is 16.8 Å². The number of rotatable bonds is 11. The van der Waals surface area contributed by atoms with E-state index in [1.165, 1.54) is 11.1 Å². The summed E-state index contributed by atoms with van der Waals surface area (Å²) in [6.45, 7) is 6.78. The van der Waals surface area contributed by atoms with E-state index in [-0.39, 0.29) is 24.1 Å². The summed E-state index contributed by atoms with van der Waals surface area (Å²) in [5, 5.41) is 22.2. The molecule has 0 radical (unpaired) electrons. The van der Waals surface area contributed by atoms with Gasteiger partial charge in [-0.25, -0.2) is 0 Å². The van der Waals surface area contributed by atoms with Crippen LogP contribution in [0.15, 0.2) is 96.7 Å². The zero-order valence-corrected chi connectivity index (χ0v) is 21.1. The van der Waals surface area contributed by atoms with Crippen LogP contribution in [0.4, 0.5) is 0 Å². The lowest BCUT2D eigenvalue weighted by Crippen LogP contribution is -2.31. The molecule has 1 heterocycles. The lowest BCUT2D eigenvalue weighted by atomic mass is 9.91. The number of aryl methyl sites for hydroxylation is 1. The molecule has 0 spiro atoms. The van der Waals surface area contributed by atoms with E-state index in [0.717, 1.165) is 22.0 Å². The smallest absolute Gasteiger partial charge is 0.228 e. The monoisotopic (exact) mass is 498 g/mol. The van der Waals surface area contributed by atoms with Crippen LogP contribution in [0.5, 0.6) is 5.75 Å². The average molecular weight is 499 g/mol. The number of carbonyl (C=O) groups is 1. The van der Waals surface area contributed by atoms with Crippen LogP contribution < -0.4 is 5.32 Å². The Balaban J connectivity index is 1.47. The van der Waals surface area contributed by atoms with Crippen LogP contribution in [0.2, 0.25) is 0 Å². The fourth-order valence-corrected chi connectivity index (χ4v) is 4.93. The number of aromatic nitrogens is 3. The second-order valence-electron chi connectivity index (χ2n) is 8.63. The van der Waals surface area contributed by atoms with E-state index in [1.807, 2.05) is 53.1 Å². The Hall–Kier alpha value is -3.84. The summed E-state index contributed by atoms with van der Waals surface area (Å²) in [4.78, 5) is 13.4. The van der Waals surface area contributed by atoms with Gasteiger partial charge in [0.25, 0.3) is 0 Å². The number of allylic oxidation sites excluding steroid dienone is 1. The summed E-state index contributed by atoms with van der Waals surface area (Å²) in [6.07, 6.45) is 2.33. The normalized spacial score (nSPS) is 11.7. The minimum Gasteiger partial charge on any atom is -0.508 e. The van der Waals surface area contributed by atoms with Gasteiger partial charge in [0.05, 0.1) is 12.5 Å². The van der Waals surface area contributed by atoms with Gasteiger partial charge in [0.2, 0.25) is 5.91 Å². The largest absolute Gasteiger partial charge is 0.508 e. The van der Waals surface area contributed by atoms with Crippen molar-refractivity contribution in [3.63, 3.8) is 0 Å². The van der Waals surface area contributed by atoms with Gasteiger partial charge >= 0.3 is 0 Å². The maximum Gasteiger partial charge on any atom is 0.228 e. The Kier molecular flexibility index (Phi) is 8.57. The predicted octanol–water partition coefficient (Wildman–Crippen LogP) is 5.41. The fraction of sp³-hybridized carbons (Fsp3) is 0.207. The first-order valence-electron chi connectivity index (χ1n) is 11.9. The molecule has 4 aromatic rings. The highest BCUT2D eigenvalue weighted by molar-refractivity contribution is 7.98. The molecule has 0 aliphatic carbocycles. The highest BCUT2D eigenvalue weighted by Crippen LogP contribution is 2.24. The lowest BCUT2D eigenvalue weighted by molar-refractivity contribution is -0.122. The van der Waals surface area contributed by atoms with Crippen LogP contribution in [0.25, 0.3) is 0 Å². The van der Waals surface area contributed by atoms with Gasteiger partial charge in [0.1, 0.15) is 5.75 Å². The summed E-state index contributed by atoms with van der Waals surface area (Å²) in [5.74, 6) is 1.22. The van der Waals surface area contributed by atoms with Gasteiger partial charge in [0, 0.05) is 12.3 Å². The van der Waals surface area contributed by atoms with E-state index in [1.54, 1.807) is 23.9 Å². The molecule has 0 unspecified atom stereocenters. The molecule has 0 fully saturated rings. The number of carbonyl (C=O) groups excluding carboxylic acids is 1. The number of nitrogens with one attached hydrogen (secondary N) is 1. The Bertz CT molecular complexity index is 1300. The van der Waals surface area contributed by atoms with Crippen molar-refractivity contribution in [3.8, 4) is 5.75 Å². The molecule has 1 atom stereocenters. The second-order valence-corrected chi connectivity index (χ2v) is 9.57. The summed E-state index contributed by atoms with van der Waals surface area (Å²) >= 11 is 1.62. The van der Waals surface area contributed by atoms with E-state index < -0.39 is 0 Å². The highest BCUT2D eigenvalue weighted by Gasteiger charge is 2.22. The van der Waals surface area contributed by atoms with Crippen LogP contribution in [0.1, 0.15) is 34.0 Å². The van der Waals surface area contributed by atoms with Gasteiger partial charge < -0.3 is 15.0 Å². The number of phenols is 1. The van der Waals surface area contributed by atoms with Crippen molar-refractivity contribution >= 4 is 17.7 Å². The standard InChI is InChI=1S/C29H30N4O2S/c1-3-16-33-27(31-32-29(33)36-20-23-9-7-8-21(2)17-23)19-30-28(35)26(24-10-5-4-6-11-24)18-22-12-14-25(34)15-13-22/h3-15,17,26,34H,1,16,18-20H2,2H3,(H,30,35)/t26-/m0/s1. The molecule has 7 heteroatoms. The number of aromatic hydroxyl groups is 1. The fourth-order valence-electron chi connectivity index (χ4n) is 4.02. The summed E-state index contributed by atoms with van der Waals surface area (Å²) in [5.41, 5.74) is 4.36. The number of hydrogen-bond acceptors (Lipinski definition) is 5. The minimum atomic E-state index is -0.373. The molecule has 184 valence electrons. The van der Waals surface area contributed by atoms with Crippen LogP contribution in [0, 0.1) is 6.92 Å². The van der Waals surface area contributed by atoms with E-state index in [0.29, 0.717) is 18.8 Å². The Morgan fingerprint density at radius 3 is 2.56 bits per heavy atom. The molecule has 0 saturated carbocycles. The minimum absolute atomic E-state index is 0.0867. The molecule has 6 nitrogen and oxygen atoms in total.